The number of hydrogen-bond acceptors (Lipinski definition) is 5. The van der Waals surface area contributed by atoms with Crippen LogP contribution in [0, 0.1) is 0 Å². The molecule has 1 aliphatic rings. The smallest absolute Gasteiger partial charge is 0.392 e. The Morgan fingerprint density at radius 2 is 2.09 bits per heavy atom. The number of rotatable bonds is 3. The highest BCUT2D eigenvalue weighted by Gasteiger charge is 2.39. The Bertz CT molecular complexity index is 633. The molecule has 8 heteroatoms. The maximum absolute atomic E-state index is 13.2. The molecule has 2 heterocycles. The van der Waals surface area contributed by atoms with Crippen molar-refractivity contribution in [1.82, 2.24) is 14.5 Å². The molecule has 0 bridgehead atoms. The lowest BCUT2D eigenvalue weighted by molar-refractivity contribution is -0.138. The van der Waals surface area contributed by atoms with Gasteiger partial charge in [-0.15, -0.1) is 5.10 Å². The van der Waals surface area contributed by atoms with Gasteiger partial charge in [0, 0.05) is 24.5 Å². The van der Waals surface area contributed by atoms with Crippen LogP contribution in [0.2, 0.25) is 0 Å². The molecular weight excluding hydrogens is 315 g/mol. The first kappa shape index (κ1) is 15.4. The maximum Gasteiger partial charge on any atom is 0.416 e. The van der Waals surface area contributed by atoms with Gasteiger partial charge in [0.25, 0.3) is 0 Å². The Morgan fingerprint density at radius 3 is 2.77 bits per heavy atom. The van der Waals surface area contributed by atoms with E-state index in [1.165, 1.54) is 23.7 Å². The SMILES string of the molecule is O[C@@H]1C[C@@H](c2ccccc2C(F)(F)F)N(Cc2csnn2)C1. The molecule has 0 aliphatic carbocycles. The van der Waals surface area contributed by atoms with Crippen molar-refractivity contribution in [2.24, 2.45) is 0 Å². The van der Waals surface area contributed by atoms with Crippen molar-refractivity contribution in [2.45, 2.75) is 31.3 Å². The molecule has 0 unspecified atom stereocenters. The number of aliphatic hydroxyl groups is 1. The third kappa shape index (κ3) is 3.13. The Labute approximate surface area is 129 Å². The third-order valence-electron chi connectivity index (χ3n) is 3.78. The van der Waals surface area contributed by atoms with Crippen LogP contribution in [-0.4, -0.2) is 32.2 Å². The summed E-state index contributed by atoms with van der Waals surface area (Å²) in [4.78, 5) is 1.83. The molecule has 1 aromatic carbocycles. The van der Waals surface area contributed by atoms with Gasteiger partial charge in [0.2, 0.25) is 0 Å². The van der Waals surface area contributed by atoms with E-state index >= 15 is 0 Å². The summed E-state index contributed by atoms with van der Waals surface area (Å²) in [6.07, 6.45) is -4.76. The summed E-state index contributed by atoms with van der Waals surface area (Å²) >= 11 is 1.20. The normalized spacial score (nSPS) is 23.1. The highest BCUT2D eigenvalue weighted by Crippen LogP contribution is 2.40. The summed E-state index contributed by atoms with van der Waals surface area (Å²) in [5, 5.41) is 15.6. The summed E-state index contributed by atoms with van der Waals surface area (Å²) < 4.78 is 43.4. The zero-order valence-electron chi connectivity index (χ0n) is 11.5. The fourth-order valence-corrected chi connectivity index (χ4v) is 3.33. The van der Waals surface area contributed by atoms with Gasteiger partial charge in [-0.25, -0.2) is 0 Å². The predicted octanol–water partition coefficient (Wildman–Crippen LogP) is 2.86. The Morgan fingerprint density at radius 1 is 1.32 bits per heavy atom. The molecule has 22 heavy (non-hydrogen) atoms. The fourth-order valence-electron chi connectivity index (χ4n) is 2.88. The van der Waals surface area contributed by atoms with E-state index in [1.54, 1.807) is 11.4 Å². The Hall–Kier alpha value is -1.51. The van der Waals surface area contributed by atoms with Gasteiger partial charge in [-0.2, -0.15) is 13.2 Å². The Kier molecular flexibility index (Phi) is 4.16. The van der Waals surface area contributed by atoms with Crippen LogP contribution in [0.1, 0.15) is 29.3 Å². The van der Waals surface area contributed by atoms with Crippen molar-refractivity contribution in [1.29, 1.82) is 0 Å². The second-order valence-electron chi connectivity index (χ2n) is 5.32. The number of likely N-dealkylation sites (tertiary alicyclic amines) is 1. The first-order valence-electron chi connectivity index (χ1n) is 6.79. The molecule has 0 radical (unpaired) electrons. The molecule has 3 rings (SSSR count). The Balaban J connectivity index is 1.92. The molecule has 1 aromatic heterocycles. The van der Waals surface area contributed by atoms with Crippen molar-refractivity contribution in [3.8, 4) is 0 Å². The summed E-state index contributed by atoms with van der Waals surface area (Å²) in [7, 11) is 0. The van der Waals surface area contributed by atoms with Crippen LogP contribution in [0.15, 0.2) is 29.6 Å². The average Bonchev–Trinajstić information content (AvgIpc) is 3.08. The fraction of sp³-hybridized carbons (Fsp3) is 0.429. The number of benzene rings is 1. The first-order valence-corrected chi connectivity index (χ1v) is 7.63. The molecule has 0 saturated carbocycles. The summed E-state index contributed by atoms with van der Waals surface area (Å²) in [5.74, 6) is 0. The topological polar surface area (TPSA) is 49.2 Å². The minimum absolute atomic E-state index is 0.203. The van der Waals surface area contributed by atoms with Crippen molar-refractivity contribution in [2.75, 3.05) is 6.54 Å². The highest BCUT2D eigenvalue weighted by atomic mass is 32.1. The van der Waals surface area contributed by atoms with Gasteiger partial charge in [0.15, 0.2) is 0 Å². The van der Waals surface area contributed by atoms with Crippen LogP contribution in [0.4, 0.5) is 13.2 Å². The molecule has 118 valence electrons. The predicted molar refractivity (Wildman–Crippen MR) is 75.1 cm³/mol. The molecule has 1 saturated heterocycles. The van der Waals surface area contributed by atoms with Crippen LogP contribution in [0.5, 0.6) is 0 Å². The van der Waals surface area contributed by atoms with Gasteiger partial charge < -0.3 is 5.11 Å². The lowest BCUT2D eigenvalue weighted by Crippen LogP contribution is -2.26. The lowest BCUT2D eigenvalue weighted by Gasteiger charge is -2.26. The van der Waals surface area contributed by atoms with Crippen LogP contribution >= 0.6 is 11.5 Å². The molecule has 0 spiro atoms. The number of hydrogen-bond donors (Lipinski definition) is 1. The third-order valence-corrected chi connectivity index (χ3v) is 4.33. The monoisotopic (exact) mass is 329 g/mol. The zero-order valence-corrected chi connectivity index (χ0v) is 12.3. The summed E-state index contributed by atoms with van der Waals surface area (Å²) in [6.45, 7) is 0.707. The van der Waals surface area contributed by atoms with Gasteiger partial charge in [0.05, 0.1) is 17.4 Å². The molecule has 2 aromatic rings. The molecule has 0 amide bonds. The number of aliphatic hydroxyl groups excluding tert-OH is 1. The van der Waals surface area contributed by atoms with Crippen LogP contribution in [0.3, 0.4) is 0 Å². The van der Waals surface area contributed by atoms with Gasteiger partial charge in [-0.3, -0.25) is 4.90 Å². The number of alkyl halides is 3. The minimum Gasteiger partial charge on any atom is -0.392 e. The van der Waals surface area contributed by atoms with Crippen LogP contribution in [0.25, 0.3) is 0 Å². The first-order chi connectivity index (χ1) is 10.4. The van der Waals surface area contributed by atoms with Crippen molar-refractivity contribution < 1.29 is 18.3 Å². The van der Waals surface area contributed by atoms with E-state index in [-0.39, 0.29) is 12.0 Å². The second-order valence-corrected chi connectivity index (χ2v) is 5.93. The maximum atomic E-state index is 13.2. The zero-order chi connectivity index (χ0) is 15.7. The van der Waals surface area contributed by atoms with E-state index in [0.29, 0.717) is 18.8 Å². The van der Waals surface area contributed by atoms with Crippen molar-refractivity contribution in [3.63, 3.8) is 0 Å². The standard InChI is InChI=1S/C14H14F3N3OS/c15-14(16,17)12-4-2-1-3-11(12)13-5-10(21)7-20(13)6-9-8-22-19-18-9/h1-4,8,10,13,21H,5-7H2/t10-,13+/m1/s1. The molecule has 2 atom stereocenters. The highest BCUT2D eigenvalue weighted by molar-refractivity contribution is 7.03. The molecule has 1 N–H and O–H groups in total. The summed E-state index contributed by atoms with van der Waals surface area (Å²) in [6, 6.07) is 5.07. The van der Waals surface area contributed by atoms with Gasteiger partial charge in [-0.05, 0) is 29.6 Å². The van der Waals surface area contributed by atoms with E-state index < -0.39 is 23.9 Å². The largest absolute Gasteiger partial charge is 0.416 e. The van der Waals surface area contributed by atoms with E-state index in [4.69, 9.17) is 0 Å². The van der Waals surface area contributed by atoms with E-state index in [1.807, 2.05) is 4.90 Å². The van der Waals surface area contributed by atoms with E-state index in [9.17, 15) is 18.3 Å². The van der Waals surface area contributed by atoms with Gasteiger partial charge >= 0.3 is 6.18 Å². The van der Waals surface area contributed by atoms with Crippen molar-refractivity contribution in [3.05, 3.63) is 46.5 Å². The number of halogens is 3. The van der Waals surface area contributed by atoms with Gasteiger partial charge in [0.1, 0.15) is 0 Å². The average molecular weight is 329 g/mol. The minimum atomic E-state index is -4.40. The van der Waals surface area contributed by atoms with Crippen LogP contribution in [-0.2, 0) is 12.7 Å². The molecule has 1 aliphatic heterocycles. The van der Waals surface area contributed by atoms with Gasteiger partial charge in [-0.1, -0.05) is 22.7 Å². The summed E-state index contributed by atoms with van der Waals surface area (Å²) in [5.41, 5.74) is 0.263. The quantitative estimate of drug-likeness (QED) is 0.941. The molecule has 1 fully saturated rings. The number of nitrogens with zero attached hydrogens (tertiary/aromatic N) is 3. The molecular formula is C14H14F3N3OS. The second kappa shape index (κ2) is 5.94. The van der Waals surface area contributed by atoms with Crippen LogP contribution < -0.4 is 0 Å². The number of aromatic nitrogens is 2. The van der Waals surface area contributed by atoms with E-state index in [2.05, 4.69) is 9.59 Å². The van der Waals surface area contributed by atoms with Crippen molar-refractivity contribution >= 4 is 11.5 Å². The van der Waals surface area contributed by atoms with E-state index in [0.717, 1.165) is 6.07 Å². The lowest BCUT2D eigenvalue weighted by atomic mass is 9.97. The molecule has 4 nitrogen and oxygen atoms in total. The number of β-amino-alcohol motifs (C(OH)–C–C–N with tert-alkyl or cyclic N) is 1.